The third-order valence-electron chi connectivity index (χ3n) is 5.88. The van der Waals surface area contributed by atoms with Gasteiger partial charge in [0.2, 0.25) is 0 Å². The van der Waals surface area contributed by atoms with E-state index in [9.17, 15) is 18.0 Å². The second-order valence-corrected chi connectivity index (χ2v) is 8.53. The van der Waals surface area contributed by atoms with Crippen molar-refractivity contribution in [3.8, 4) is 5.75 Å². The summed E-state index contributed by atoms with van der Waals surface area (Å²) in [7, 11) is 0. The number of hydrogen-bond donors (Lipinski definition) is 1. The number of ether oxygens (including phenoxy) is 1. The van der Waals surface area contributed by atoms with Crippen LogP contribution < -0.4 is 15.0 Å². The minimum Gasteiger partial charge on any atom is -0.489 e. The molecule has 0 fully saturated rings. The van der Waals surface area contributed by atoms with Crippen LogP contribution in [-0.2, 0) is 25.7 Å². The van der Waals surface area contributed by atoms with Crippen LogP contribution in [-0.4, -0.2) is 6.03 Å². The lowest BCUT2D eigenvalue weighted by Gasteiger charge is -2.24. The molecule has 0 aromatic heterocycles. The van der Waals surface area contributed by atoms with E-state index in [0.717, 1.165) is 35.2 Å². The number of amides is 2. The number of anilines is 2. The minimum atomic E-state index is -4.46. The van der Waals surface area contributed by atoms with Crippen LogP contribution in [0.25, 0.3) is 0 Å². The summed E-state index contributed by atoms with van der Waals surface area (Å²) in [6, 6.07) is 28.6. The Morgan fingerprint density at radius 2 is 1.41 bits per heavy atom. The molecule has 0 heterocycles. The smallest absolute Gasteiger partial charge is 0.416 e. The van der Waals surface area contributed by atoms with Gasteiger partial charge in [-0.15, -0.1) is 0 Å². The molecule has 0 atom stereocenters. The largest absolute Gasteiger partial charge is 0.489 e. The van der Waals surface area contributed by atoms with Crippen LogP contribution in [0.4, 0.5) is 29.3 Å². The van der Waals surface area contributed by atoms with Gasteiger partial charge in [-0.05, 0) is 71.6 Å². The lowest BCUT2D eigenvalue weighted by molar-refractivity contribution is -0.137. The van der Waals surface area contributed by atoms with Crippen molar-refractivity contribution in [2.45, 2.75) is 32.7 Å². The number of nitrogens with zero attached hydrogens (tertiary/aromatic N) is 1. The zero-order valence-corrected chi connectivity index (χ0v) is 20.3. The van der Waals surface area contributed by atoms with E-state index in [1.54, 1.807) is 12.1 Å². The Labute approximate surface area is 214 Å². The zero-order chi connectivity index (χ0) is 26.3. The number of alkyl halides is 3. The van der Waals surface area contributed by atoms with Gasteiger partial charge in [-0.1, -0.05) is 61.5 Å². The predicted octanol–water partition coefficient (Wildman–Crippen LogP) is 8.09. The fraction of sp³-hybridized carbons (Fsp3) is 0.167. The first-order valence-corrected chi connectivity index (χ1v) is 11.9. The summed E-state index contributed by atoms with van der Waals surface area (Å²) in [6.45, 7) is 2.62. The molecule has 4 aromatic rings. The van der Waals surface area contributed by atoms with Gasteiger partial charge in [0.1, 0.15) is 12.4 Å². The highest BCUT2D eigenvalue weighted by Gasteiger charge is 2.30. The second kappa shape index (κ2) is 11.6. The van der Waals surface area contributed by atoms with Crippen molar-refractivity contribution in [1.29, 1.82) is 0 Å². The quantitative estimate of drug-likeness (QED) is 0.264. The van der Waals surface area contributed by atoms with Gasteiger partial charge >= 0.3 is 12.2 Å². The third kappa shape index (κ3) is 7.13. The van der Waals surface area contributed by atoms with E-state index in [0.29, 0.717) is 23.7 Å². The maximum absolute atomic E-state index is 13.2. The molecule has 4 rings (SSSR count). The first-order chi connectivity index (χ1) is 17.8. The Balaban J connectivity index is 1.51. The highest BCUT2D eigenvalue weighted by atomic mass is 19.4. The number of halogens is 3. The monoisotopic (exact) mass is 504 g/mol. The van der Waals surface area contributed by atoms with Crippen molar-refractivity contribution in [2.75, 3.05) is 10.2 Å². The van der Waals surface area contributed by atoms with Crippen LogP contribution in [0.15, 0.2) is 103 Å². The van der Waals surface area contributed by atoms with Gasteiger partial charge in [0.25, 0.3) is 0 Å². The molecular formula is C30H27F3N2O2. The third-order valence-corrected chi connectivity index (χ3v) is 5.88. The highest BCUT2D eigenvalue weighted by molar-refractivity contribution is 6.01. The van der Waals surface area contributed by atoms with E-state index in [-0.39, 0.29) is 6.54 Å². The molecule has 0 aliphatic carbocycles. The maximum atomic E-state index is 13.2. The molecule has 1 N–H and O–H groups in total. The summed E-state index contributed by atoms with van der Waals surface area (Å²) in [5.74, 6) is 0.675. The fourth-order valence-electron chi connectivity index (χ4n) is 3.74. The summed E-state index contributed by atoms with van der Waals surface area (Å²) in [5.41, 5.74) is 3.15. The molecule has 0 aliphatic rings. The molecule has 0 unspecified atom stereocenters. The lowest BCUT2D eigenvalue weighted by Crippen LogP contribution is -2.34. The standard InChI is InChI=1S/C30H27F3N2O2/c1-2-22-8-14-26(15-9-22)34-29(36)35(27-16-12-25(13-17-27)30(31,32)33)20-23-10-18-28(19-11-23)37-21-24-6-4-3-5-7-24/h3-19H,2,20-21H2,1H3,(H,34,36). The summed E-state index contributed by atoms with van der Waals surface area (Å²) in [5, 5.41) is 2.85. The minimum absolute atomic E-state index is 0.156. The number of benzene rings is 4. The summed E-state index contributed by atoms with van der Waals surface area (Å²) >= 11 is 0. The van der Waals surface area contributed by atoms with Crippen molar-refractivity contribution < 1.29 is 22.7 Å². The Bertz CT molecular complexity index is 1290. The molecule has 0 bridgehead atoms. The van der Waals surface area contributed by atoms with Crippen LogP contribution in [0.5, 0.6) is 5.75 Å². The molecule has 4 aromatic carbocycles. The van der Waals surface area contributed by atoms with Gasteiger partial charge in [0.15, 0.2) is 0 Å². The fourth-order valence-corrected chi connectivity index (χ4v) is 3.74. The maximum Gasteiger partial charge on any atom is 0.416 e. The van der Waals surface area contributed by atoms with Gasteiger partial charge in [0.05, 0.1) is 12.1 Å². The van der Waals surface area contributed by atoms with Crippen molar-refractivity contribution in [2.24, 2.45) is 0 Å². The Morgan fingerprint density at radius 3 is 2.00 bits per heavy atom. The zero-order valence-electron chi connectivity index (χ0n) is 20.3. The normalized spacial score (nSPS) is 11.1. The number of aryl methyl sites for hydroxylation is 1. The summed E-state index contributed by atoms with van der Waals surface area (Å²) < 4.78 is 45.1. The predicted molar refractivity (Wildman–Crippen MR) is 140 cm³/mol. The van der Waals surface area contributed by atoms with Crippen LogP contribution in [0.3, 0.4) is 0 Å². The van der Waals surface area contributed by atoms with Gasteiger partial charge < -0.3 is 10.1 Å². The highest BCUT2D eigenvalue weighted by Crippen LogP contribution is 2.31. The molecule has 0 saturated carbocycles. The molecule has 190 valence electrons. The molecule has 37 heavy (non-hydrogen) atoms. The topological polar surface area (TPSA) is 41.6 Å². The van der Waals surface area contributed by atoms with Crippen LogP contribution in [0.2, 0.25) is 0 Å². The SMILES string of the molecule is CCc1ccc(NC(=O)N(Cc2ccc(OCc3ccccc3)cc2)c2ccc(C(F)(F)F)cc2)cc1. The first kappa shape index (κ1) is 25.8. The number of urea groups is 1. The second-order valence-electron chi connectivity index (χ2n) is 8.53. The number of carbonyl (C=O) groups excluding carboxylic acids is 1. The van der Waals surface area contributed by atoms with E-state index < -0.39 is 17.8 Å². The van der Waals surface area contributed by atoms with Gasteiger partial charge in [-0.3, -0.25) is 4.90 Å². The van der Waals surface area contributed by atoms with E-state index in [4.69, 9.17) is 4.74 Å². The Kier molecular flexibility index (Phi) is 8.13. The van der Waals surface area contributed by atoms with Crippen molar-refractivity contribution in [1.82, 2.24) is 0 Å². The van der Waals surface area contributed by atoms with Crippen molar-refractivity contribution in [3.05, 3.63) is 125 Å². The number of rotatable bonds is 8. The van der Waals surface area contributed by atoms with E-state index in [2.05, 4.69) is 5.32 Å². The summed E-state index contributed by atoms with van der Waals surface area (Å²) in [6.07, 6.45) is -3.58. The lowest BCUT2D eigenvalue weighted by atomic mass is 10.1. The molecule has 7 heteroatoms. The summed E-state index contributed by atoms with van der Waals surface area (Å²) in [4.78, 5) is 14.7. The average Bonchev–Trinajstić information content (AvgIpc) is 2.92. The molecular weight excluding hydrogens is 477 g/mol. The van der Waals surface area contributed by atoms with Crippen molar-refractivity contribution in [3.63, 3.8) is 0 Å². The molecule has 2 amide bonds. The van der Waals surface area contributed by atoms with Crippen LogP contribution >= 0.6 is 0 Å². The molecule has 0 saturated heterocycles. The number of nitrogens with one attached hydrogen (secondary N) is 1. The molecule has 0 spiro atoms. The molecule has 0 radical (unpaired) electrons. The van der Waals surface area contributed by atoms with Gasteiger partial charge in [-0.2, -0.15) is 13.2 Å². The number of hydrogen-bond acceptors (Lipinski definition) is 2. The first-order valence-electron chi connectivity index (χ1n) is 11.9. The Hall–Kier alpha value is -4.26. The average molecular weight is 505 g/mol. The number of carbonyl (C=O) groups is 1. The van der Waals surface area contributed by atoms with E-state index >= 15 is 0 Å². The van der Waals surface area contributed by atoms with E-state index in [1.165, 1.54) is 17.0 Å². The van der Waals surface area contributed by atoms with E-state index in [1.807, 2.05) is 73.7 Å². The Morgan fingerprint density at radius 1 is 0.784 bits per heavy atom. The van der Waals surface area contributed by atoms with Gasteiger partial charge in [-0.25, -0.2) is 4.79 Å². The van der Waals surface area contributed by atoms with Gasteiger partial charge in [0, 0.05) is 11.4 Å². The van der Waals surface area contributed by atoms with Crippen molar-refractivity contribution >= 4 is 17.4 Å². The molecule has 4 nitrogen and oxygen atoms in total. The van der Waals surface area contributed by atoms with Crippen LogP contribution in [0, 0.1) is 0 Å². The van der Waals surface area contributed by atoms with Crippen LogP contribution in [0.1, 0.15) is 29.2 Å². The molecule has 0 aliphatic heterocycles.